The van der Waals surface area contributed by atoms with E-state index in [2.05, 4.69) is 10.3 Å². The van der Waals surface area contributed by atoms with E-state index in [1.165, 1.54) is 0 Å². The standard InChI is InChI=1S/C19H17ClN2O2/c1-12-6-5-8-14(10-12)19-22-17(13(2)24-19)18(23)21-11-15-7-3-4-9-16(15)20/h3-10H,11H2,1-2H3,(H,21,23). The van der Waals surface area contributed by atoms with E-state index in [1.807, 2.05) is 49.4 Å². The van der Waals surface area contributed by atoms with Crippen LogP contribution in [0, 0.1) is 13.8 Å². The molecule has 3 aromatic rings. The molecule has 2 aromatic carbocycles. The summed E-state index contributed by atoms with van der Waals surface area (Å²) in [6.45, 7) is 4.07. The lowest BCUT2D eigenvalue weighted by Crippen LogP contribution is -2.24. The second kappa shape index (κ2) is 6.89. The number of benzene rings is 2. The Labute approximate surface area is 145 Å². The Morgan fingerprint density at radius 3 is 2.71 bits per heavy atom. The molecule has 0 atom stereocenters. The van der Waals surface area contributed by atoms with Crippen molar-refractivity contribution in [1.82, 2.24) is 10.3 Å². The molecule has 0 saturated carbocycles. The maximum Gasteiger partial charge on any atom is 0.273 e. The summed E-state index contributed by atoms with van der Waals surface area (Å²) < 4.78 is 5.65. The lowest BCUT2D eigenvalue weighted by molar-refractivity contribution is 0.0945. The maximum absolute atomic E-state index is 12.4. The highest BCUT2D eigenvalue weighted by Gasteiger charge is 2.18. The van der Waals surface area contributed by atoms with Gasteiger partial charge in [0.2, 0.25) is 5.89 Å². The molecule has 0 aliphatic carbocycles. The molecule has 0 fully saturated rings. The van der Waals surface area contributed by atoms with Gasteiger partial charge in [0.15, 0.2) is 5.69 Å². The maximum atomic E-state index is 12.4. The van der Waals surface area contributed by atoms with Crippen molar-refractivity contribution in [3.63, 3.8) is 0 Å². The highest BCUT2D eigenvalue weighted by Crippen LogP contribution is 2.22. The first kappa shape index (κ1) is 16.3. The van der Waals surface area contributed by atoms with Gasteiger partial charge in [0.1, 0.15) is 5.76 Å². The molecule has 1 N–H and O–H groups in total. The quantitative estimate of drug-likeness (QED) is 0.758. The van der Waals surface area contributed by atoms with Crippen molar-refractivity contribution >= 4 is 17.5 Å². The van der Waals surface area contributed by atoms with E-state index in [0.29, 0.717) is 28.9 Å². The van der Waals surface area contributed by atoms with E-state index in [9.17, 15) is 4.79 Å². The minimum atomic E-state index is -0.282. The third-order valence-corrected chi connectivity index (χ3v) is 4.04. The summed E-state index contributed by atoms with van der Waals surface area (Å²) in [4.78, 5) is 16.7. The van der Waals surface area contributed by atoms with E-state index in [0.717, 1.165) is 16.7 Å². The minimum absolute atomic E-state index is 0.282. The van der Waals surface area contributed by atoms with Crippen LogP contribution in [0.4, 0.5) is 0 Å². The first-order chi connectivity index (χ1) is 11.5. The van der Waals surface area contributed by atoms with Crippen LogP contribution in [0.1, 0.15) is 27.4 Å². The van der Waals surface area contributed by atoms with Gasteiger partial charge in [-0.1, -0.05) is 47.5 Å². The molecule has 0 bridgehead atoms. The van der Waals surface area contributed by atoms with Crippen LogP contribution in [0.25, 0.3) is 11.5 Å². The molecule has 0 aliphatic heterocycles. The average molecular weight is 341 g/mol. The number of aryl methyl sites for hydroxylation is 2. The molecule has 1 heterocycles. The first-order valence-corrected chi connectivity index (χ1v) is 7.98. The van der Waals surface area contributed by atoms with Gasteiger partial charge in [0, 0.05) is 17.1 Å². The summed E-state index contributed by atoms with van der Waals surface area (Å²) in [5.41, 5.74) is 3.10. The fourth-order valence-electron chi connectivity index (χ4n) is 2.41. The van der Waals surface area contributed by atoms with Crippen molar-refractivity contribution in [3.8, 4) is 11.5 Å². The molecule has 0 spiro atoms. The van der Waals surface area contributed by atoms with Crippen LogP contribution >= 0.6 is 11.6 Å². The predicted octanol–water partition coefficient (Wildman–Crippen LogP) is 4.54. The van der Waals surface area contributed by atoms with Crippen molar-refractivity contribution in [2.45, 2.75) is 20.4 Å². The topological polar surface area (TPSA) is 55.1 Å². The van der Waals surface area contributed by atoms with Crippen LogP contribution in [0.3, 0.4) is 0 Å². The second-order valence-electron chi connectivity index (χ2n) is 5.57. The van der Waals surface area contributed by atoms with Crippen LogP contribution in [0.15, 0.2) is 52.9 Å². The van der Waals surface area contributed by atoms with E-state index >= 15 is 0 Å². The van der Waals surface area contributed by atoms with Gasteiger partial charge in [-0.25, -0.2) is 4.98 Å². The van der Waals surface area contributed by atoms with Crippen LogP contribution in [-0.2, 0) is 6.54 Å². The molecule has 24 heavy (non-hydrogen) atoms. The second-order valence-corrected chi connectivity index (χ2v) is 5.97. The molecule has 1 aromatic heterocycles. The van der Waals surface area contributed by atoms with Crippen molar-refractivity contribution < 1.29 is 9.21 Å². The minimum Gasteiger partial charge on any atom is -0.441 e. The van der Waals surface area contributed by atoms with Gasteiger partial charge in [0.05, 0.1) is 0 Å². The number of carbonyl (C=O) groups excluding carboxylic acids is 1. The normalized spacial score (nSPS) is 10.6. The Balaban J connectivity index is 1.77. The lowest BCUT2D eigenvalue weighted by atomic mass is 10.1. The molecule has 0 radical (unpaired) electrons. The number of rotatable bonds is 4. The molecule has 5 heteroatoms. The summed E-state index contributed by atoms with van der Waals surface area (Å²) in [7, 11) is 0. The summed E-state index contributed by atoms with van der Waals surface area (Å²) in [6, 6.07) is 15.2. The number of oxazole rings is 1. The number of carbonyl (C=O) groups is 1. The van der Waals surface area contributed by atoms with Crippen molar-refractivity contribution in [3.05, 3.63) is 76.1 Å². The fraction of sp³-hybridized carbons (Fsp3) is 0.158. The molecule has 4 nitrogen and oxygen atoms in total. The number of amides is 1. The van der Waals surface area contributed by atoms with Crippen molar-refractivity contribution in [1.29, 1.82) is 0 Å². The largest absolute Gasteiger partial charge is 0.441 e. The van der Waals surface area contributed by atoms with E-state index in [1.54, 1.807) is 13.0 Å². The predicted molar refractivity (Wildman–Crippen MR) is 94.0 cm³/mol. The number of aromatic nitrogens is 1. The summed E-state index contributed by atoms with van der Waals surface area (Å²) in [5, 5.41) is 3.45. The van der Waals surface area contributed by atoms with Crippen molar-refractivity contribution in [2.24, 2.45) is 0 Å². The first-order valence-electron chi connectivity index (χ1n) is 7.60. The number of halogens is 1. The average Bonchev–Trinajstić information content (AvgIpc) is 2.96. The van der Waals surface area contributed by atoms with E-state index in [-0.39, 0.29) is 5.91 Å². The van der Waals surface area contributed by atoms with Crippen molar-refractivity contribution in [2.75, 3.05) is 0 Å². The Hall–Kier alpha value is -2.59. The SMILES string of the molecule is Cc1cccc(-c2nc(C(=O)NCc3ccccc3Cl)c(C)o2)c1. The third-order valence-electron chi connectivity index (χ3n) is 3.67. The monoisotopic (exact) mass is 340 g/mol. The Kier molecular flexibility index (Phi) is 4.67. The zero-order chi connectivity index (χ0) is 17.1. The molecule has 0 saturated heterocycles. The van der Waals surface area contributed by atoms with Crippen LogP contribution < -0.4 is 5.32 Å². The molecule has 122 valence electrons. The fourth-order valence-corrected chi connectivity index (χ4v) is 2.61. The van der Waals surface area contributed by atoms with Crippen LogP contribution in [0.5, 0.6) is 0 Å². The molecular formula is C19H17ClN2O2. The van der Waals surface area contributed by atoms with Crippen LogP contribution in [0.2, 0.25) is 5.02 Å². The molecule has 1 amide bonds. The molecule has 0 unspecified atom stereocenters. The Bertz CT molecular complexity index is 887. The molecule has 0 aliphatic rings. The number of nitrogens with zero attached hydrogens (tertiary/aromatic N) is 1. The van der Waals surface area contributed by atoms with Gasteiger partial charge >= 0.3 is 0 Å². The smallest absolute Gasteiger partial charge is 0.273 e. The number of hydrogen-bond acceptors (Lipinski definition) is 3. The van der Waals surface area contributed by atoms with Gasteiger partial charge in [-0.2, -0.15) is 0 Å². The molecular weight excluding hydrogens is 324 g/mol. The Morgan fingerprint density at radius 1 is 1.17 bits per heavy atom. The Morgan fingerprint density at radius 2 is 1.96 bits per heavy atom. The summed E-state index contributed by atoms with van der Waals surface area (Å²) in [5.74, 6) is 0.650. The number of hydrogen-bond donors (Lipinski definition) is 1. The highest BCUT2D eigenvalue weighted by atomic mass is 35.5. The van der Waals surface area contributed by atoms with Gasteiger partial charge in [-0.15, -0.1) is 0 Å². The zero-order valence-corrected chi connectivity index (χ0v) is 14.2. The highest BCUT2D eigenvalue weighted by molar-refractivity contribution is 6.31. The summed E-state index contributed by atoms with van der Waals surface area (Å²) >= 11 is 6.10. The lowest BCUT2D eigenvalue weighted by Gasteiger charge is -2.05. The number of nitrogens with one attached hydrogen (secondary N) is 1. The van der Waals surface area contributed by atoms with Gasteiger partial charge in [0.25, 0.3) is 5.91 Å². The van der Waals surface area contributed by atoms with Crippen LogP contribution in [-0.4, -0.2) is 10.9 Å². The van der Waals surface area contributed by atoms with Gasteiger partial charge in [-0.3, -0.25) is 4.79 Å². The van der Waals surface area contributed by atoms with E-state index in [4.69, 9.17) is 16.0 Å². The third kappa shape index (κ3) is 3.49. The molecule has 3 rings (SSSR count). The summed E-state index contributed by atoms with van der Waals surface area (Å²) in [6.07, 6.45) is 0. The van der Waals surface area contributed by atoms with Gasteiger partial charge < -0.3 is 9.73 Å². The van der Waals surface area contributed by atoms with Gasteiger partial charge in [-0.05, 0) is 37.6 Å². The van der Waals surface area contributed by atoms with E-state index < -0.39 is 0 Å². The zero-order valence-electron chi connectivity index (χ0n) is 13.5.